The van der Waals surface area contributed by atoms with E-state index >= 15 is 0 Å². The van der Waals surface area contributed by atoms with E-state index in [4.69, 9.17) is 14.2 Å². The number of anilines is 1. The zero-order valence-electron chi connectivity index (χ0n) is 22.3. The third-order valence-corrected chi connectivity index (χ3v) is 7.64. The van der Waals surface area contributed by atoms with Crippen LogP contribution in [0.25, 0.3) is 21.9 Å². The van der Waals surface area contributed by atoms with Crippen LogP contribution in [0.2, 0.25) is 25.7 Å². The van der Waals surface area contributed by atoms with E-state index in [0.717, 1.165) is 11.6 Å². The molecule has 4 rings (SSSR count). The number of fused-ring (bicyclic) bond motifs is 1. The molecule has 0 saturated heterocycles. The maximum absolute atomic E-state index is 13.7. The second-order valence-electron chi connectivity index (χ2n) is 10.1. The molecule has 0 radical (unpaired) electrons. The molecule has 4 aromatic rings. The zero-order chi connectivity index (χ0) is 28.0. The van der Waals surface area contributed by atoms with Gasteiger partial charge in [-0.3, -0.25) is 10.3 Å². The molecule has 202 valence electrons. The molecule has 0 aliphatic rings. The summed E-state index contributed by atoms with van der Waals surface area (Å²) in [6, 6.07) is 16.1. The number of carbonyl (C=O) groups excluding carboxylic acids is 2. The summed E-state index contributed by atoms with van der Waals surface area (Å²) in [5.74, 6) is -0.927. The highest BCUT2D eigenvalue weighted by atomic mass is 28.3. The predicted molar refractivity (Wildman–Crippen MR) is 150 cm³/mol. The maximum atomic E-state index is 13.7. The molecule has 0 atom stereocenters. The molecule has 8 nitrogen and oxygen atoms in total. The second-order valence-corrected chi connectivity index (χ2v) is 15.7. The molecular formula is C29H30FN3O5Si. The van der Waals surface area contributed by atoms with E-state index in [0.29, 0.717) is 21.9 Å². The van der Waals surface area contributed by atoms with E-state index in [-0.39, 0.29) is 30.5 Å². The quantitative estimate of drug-likeness (QED) is 0.184. The molecule has 1 N–H and O–H groups in total. The molecular weight excluding hydrogens is 517 g/mol. The van der Waals surface area contributed by atoms with Gasteiger partial charge in [-0.2, -0.15) is 0 Å². The van der Waals surface area contributed by atoms with E-state index in [2.05, 4.69) is 34.9 Å². The smallest absolute Gasteiger partial charge is 0.412 e. The summed E-state index contributed by atoms with van der Waals surface area (Å²) in [7, 11) is -0.192. The number of carbonyl (C=O) groups is 2. The fourth-order valence-corrected chi connectivity index (χ4v) is 4.58. The van der Waals surface area contributed by atoms with Crippen molar-refractivity contribution < 1.29 is 28.2 Å². The SMILES string of the molecule is COC(=O)c1nc(NC(=O)OCC[Si](C)(C)C)c2c(-c3ccc(F)cc3)cncc2c1OCc1ccccc1. The number of halogens is 1. The van der Waals surface area contributed by atoms with Crippen molar-refractivity contribution in [3.8, 4) is 16.9 Å². The van der Waals surface area contributed by atoms with Gasteiger partial charge in [0.05, 0.1) is 13.7 Å². The van der Waals surface area contributed by atoms with Gasteiger partial charge in [-0.25, -0.2) is 19.0 Å². The van der Waals surface area contributed by atoms with Crippen molar-refractivity contribution >= 4 is 36.7 Å². The summed E-state index contributed by atoms with van der Waals surface area (Å²) in [4.78, 5) is 34.5. The van der Waals surface area contributed by atoms with Gasteiger partial charge in [0.1, 0.15) is 18.2 Å². The van der Waals surface area contributed by atoms with E-state index < -0.39 is 26.0 Å². The van der Waals surface area contributed by atoms with Crippen LogP contribution >= 0.6 is 0 Å². The number of hydrogen-bond donors (Lipinski definition) is 1. The fourth-order valence-electron chi connectivity index (χ4n) is 3.87. The first-order valence-electron chi connectivity index (χ1n) is 12.4. The van der Waals surface area contributed by atoms with Crippen molar-refractivity contribution in [2.24, 2.45) is 0 Å². The Kier molecular flexibility index (Phi) is 8.55. The summed E-state index contributed by atoms with van der Waals surface area (Å²) in [6.45, 7) is 6.95. The second kappa shape index (κ2) is 12.0. The Morgan fingerprint density at radius 1 is 1.00 bits per heavy atom. The Morgan fingerprint density at radius 3 is 2.38 bits per heavy atom. The number of rotatable bonds is 9. The minimum Gasteiger partial charge on any atom is -0.486 e. The first-order valence-corrected chi connectivity index (χ1v) is 16.1. The number of pyridine rings is 2. The van der Waals surface area contributed by atoms with Crippen LogP contribution in [0.1, 0.15) is 16.1 Å². The average Bonchev–Trinajstić information content (AvgIpc) is 2.91. The molecule has 0 saturated carbocycles. The standard InChI is InChI=1S/C29H30FN3O5Si/c1-36-28(34)25-26(38-18-19-8-6-5-7-9-19)23-17-31-16-22(20-10-12-21(30)13-11-20)24(23)27(32-25)33-29(35)37-14-15-39(2,3)4/h5-13,16-17H,14-15,18H2,1-4H3,(H,32,33,35). The summed E-state index contributed by atoms with van der Waals surface area (Å²) in [6.07, 6.45) is 2.40. The summed E-state index contributed by atoms with van der Waals surface area (Å²) >= 11 is 0. The van der Waals surface area contributed by atoms with Crippen LogP contribution in [-0.4, -0.2) is 43.8 Å². The Labute approximate surface area is 227 Å². The fraction of sp³-hybridized carbons (Fsp3) is 0.241. The van der Waals surface area contributed by atoms with Gasteiger partial charge in [-0.05, 0) is 29.3 Å². The molecule has 0 unspecified atom stereocenters. The normalized spacial score (nSPS) is 11.2. The molecule has 0 spiro atoms. The van der Waals surface area contributed by atoms with Crippen LogP contribution in [0.15, 0.2) is 67.0 Å². The lowest BCUT2D eigenvalue weighted by molar-refractivity contribution is 0.0588. The number of esters is 1. The van der Waals surface area contributed by atoms with E-state index in [1.54, 1.807) is 18.3 Å². The van der Waals surface area contributed by atoms with Gasteiger partial charge < -0.3 is 14.2 Å². The minimum atomic E-state index is -1.43. The Balaban J connectivity index is 1.85. The molecule has 10 heteroatoms. The number of methoxy groups -OCH3 is 1. The summed E-state index contributed by atoms with van der Waals surface area (Å²) < 4.78 is 30.2. The number of benzene rings is 2. The number of amides is 1. The van der Waals surface area contributed by atoms with Crippen molar-refractivity contribution in [3.63, 3.8) is 0 Å². The highest BCUT2D eigenvalue weighted by Gasteiger charge is 2.25. The van der Waals surface area contributed by atoms with E-state index in [1.165, 1.54) is 25.4 Å². The predicted octanol–water partition coefficient (Wildman–Crippen LogP) is 6.69. The first kappa shape index (κ1) is 27.7. The zero-order valence-corrected chi connectivity index (χ0v) is 23.3. The van der Waals surface area contributed by atoms with Gasteiger partial charge >= 0.3 is 12.1 Å². The first-order chi connectivity index (χ1) is 18.7. The number of nitrogens with one attached hydrogen (secondary N) is 1. The van der Waals surface area contributed by atoms with Gasteiger partial charge in [0.25, 0.3) is 0 Å². The topological polar surface area (TPSA) is 99.6 Å². The molecule has 2 heterocycles. The molecule has 0 aliphatic carbocycles. The van der Waals surface area contributed by atoms with Crippen molar-refractivity contribution in [3.05, 3.63) is 84.1 Å². The van der Waals surface area contributed by atoms with E-state index in [9.17, 15) is 14.0 Å². The number of ether oxygens (including phenoxy) is 3. The number of hydrogen-bond acceptors (Lipinski definition) is 7. The highest BCUT2D eigenvalue weighted by molar-refractivity contribution is 6.76. The van der Waals surface area contributed by atoms with Gasteiger partial charge in [0.15, 0.2) is 11.4 Å². The van der Waals surface area contributed by atoms with Gasteiger partial charge in [0.2, 0.25) is 0 Å². The van der Waals surface area contributed by atoms with Crippen molar-refractivity contribution in [1.82, 2.24) is 9.97 Å². The Hall–Kier alpha value is -4.31. The maximum Gasteiger partial charge on any atom is 0.412 e. The van der Waals surface area contributed by atoms with E-state index in [1.807, 2.05) is 30.3 Å². The number of aromatic nitrogens is 2. The van der Waals surface area contributed by atoms with Crippen LogP contribution in [0.5, 0.6) is 5.75 Å². The molecule has 2 aromatic carbocycles. The molecule has 2 aromatic heterocycles. The van der Waals surface area contributed by atoms with Crippen LogP contribution in [0, 0.1) is 5.82 Å². The Bertz CT molecular complexity index is 1470. The highest BCUT2D eigenvalue weighted by Crippen LogP contribution is 2.39. The van der Waals surface area contributed by atoms with Crippen molar-refractivity contribution in [2.75, 3.05) is 19.0 Å². The largest absolute Gasteiger partial charge is 0.486 e. The van der Waals surface area contributed by atoms with Crippen LogP contribution in [0.3, 0.4) is 0 Å². The summed E-state index contributed by atoms with van der Waals surface area (Å²) in [5, 5.41) is 3.56. The third-order valence-electron chi connectivity index (χ3n) is 5.93. The molecule has 0 fully saturated rings. The molecule has 0 aliphatic heterocycles. The summed E-state index contributed by atoms with van der Waals surface area (Å²) in [5.41, 5.74) is 1.93. The number of nitrogens with zero attached hydrogens (tertiary/aromatic N) is 2. The van der Waals surface area contributed by atoms with Crippen LogP contribution < -0.4 is 10.1 Å². The monoisotopic (exact) mass is 547 g/mol. The minimum absolute atomic E-state index is 0.0668. The van der Waals surface area contributed by atoms with Crippen molar-refractivity contribution in [2.45, 2.75) is 32.3 Å². The lowest BCUT2D eigenvalue weighted by Crippen LogP contribution is -2.24. The molecule has 1 amide bonds. The van der Waals surface area contributed by atoms with Crippen LogP contribution in [0.4, 0.5) is 15.0 Å². The average molecular weight is 548 g/mol. The van der Waals surface area contributed by atoms with Crippen LogP contribution in [-0.2, 0) is 16.1 Å². The molecule has 0 bridgehead atoms. The Morgan fingerprint density at radius 2 is 1.72 bits per heavy atom. The molecule has 39 heavy (non-hydrogen) atoms. The van der Waals surface area contributed by atoms with Crippen molar-refractivity contribution in [1.29, 1.82) is 0 Å². The van der Waals surface area contributed by atoms with Gasteiger partial charge in [-0.1, -0.05) is 62.1 Å². The van der Waals surface area contributed by atoms with Gasteiger partial charge in [0, 0.05) is 36.8 Å². The van der Waals surface area contributed by atoms with Gasteiger partial charge in [-0.15, -0.1) is 0 Å². The lowest BCUT2D eigenvalue weighted by Gasteiger charge is -2.18. The third kappa shape index (κ3) is 6.96. The lowest BCUT2D eigenvalue weighted by atomic mass is 10.00.